The fraction of sp³-hybridized carbons (Fsp3) is 0.333. The number of para-hydroxylation sites is 1. The van der Waals surface area contributed by atoms with E-state index in [1.807, 2.05) is 0 Å². The predicted molar refractivity (Wildman–Crippen MR) is 91.3 cm³/mol. The standard InChI is InChI=1S/C18H22BrN/c1-13-9-10-14(16(19)11-13)12-20-17-8-6-5-7-15(17)18(2,3)4/h5-11,20H,12H2,1-4H3. The van der Waals surface area contributed by atoms with Gasteiger partial charge in [-0.3, -0.25) is 0 Å². The van der Waals surface area contributed by atoms with Gasteiger partial charge in [-0.15, -0.1) is 0 Å². The maximum absolute atomic E-state index is 3.64. The second-order valence-electron chi connectivity index (χ2n) is 6.24. The second-order valence-corrected chi connectivity index (χ2v) is 7.10. The van der Waals surface area contributed by atoms with Crippen molar-refractivity contribution in [2.45, 2.75) is 39.7 Å². The van der Waals surface area contributed by atoms with Gasteiger partial charge in [0.05, 0.1) is 0 Å². The molecule has 0 amide bonds. The SMILES string of the molecule is Cc1ccc(CNc2ccccc2C(C)(C)C)c(Br)c1. The maximum Gasteiger partial charge on any atom is 0.0412 e. The molecule has 1 N–H and O–H groups in total. The molecule has 2 heteroatoms. The lowest BCUT2D eigenvalue weighted by Gasteiger charge is -2.23. The van der Waals surface area contributed by atoms with Crippen LogP contribution in [0.5, 0.6) is 0 Å². The topological polar surface area (TPSA) is 12.0 Å². The third kappa shape index (κ3) is 3.63. The molecule has 0 radical (unpaired) electrons. The summed E-state index contributed by atoms with van der Waals surface area (Å²) in [5, 5.41) is 3.57. The van der Waals surface area contributed by atoms with E-state index < -0.39 is 0 Å². The summed E-state index contributed by atoms with van der Waals surface area (Å²) >= 11 is 3.64. The Labute approximate surface area is 130 Å². The minimum absolute atomic E-state index is 0.147. The molecule has 0 atom stereocenters. The van der Waals surface area contributed by atoms with Crippen molar-refractivity contribution in [3.05, 3.63) is 63.6 Å². The molecule has 2 rings (SSSR count). The van der Waals surface area contributed by atoms with E-state index in [0.29, 0.717) is 0 Å². The van der Waals surface area contributed by atoms with E-state index in [4.69, 9.17) is 0 Å². The minimum atomic E-state index is 0.147. The summed E-state index contributed by atoms with van der Waals surface area (Å²) in [6.07, 6.45) is 0. The molecule has 0 fully saturated rings. The van der Waals surface area contributed by atoms with E-state index >= 15 is 0 Å². The van der Waals surface area contributed by atoms with Crippen molar-refractivity contribution in [2.24, 2.45) is 0 Å². The lowest BCUT2D eigenvalue weighted by atomic mass is 9.86. The molecule has 1 nitrogen and oxygen atoms in total. The Morgan fingerprint density at radius 2 is 1.75 bits per heavy atom. The van der Waals surface area contributed by atoms with Crippen LogP contribution in [0.3, 0.4) is 0 Å². The molecule has 0 bridgehead atoms. The van der Waals surface area contributed by atoms with Crippen molar-refractivity contribution < 1.29 is 0 Å². The first-order chi connectivity index (χ1) is 9.38. The normalized spacial score (nSPS) is 11.4. The number of hydrogen-bond donors (Lipinski definition) is 1. The summed E-state index contributed by atoms with van der Waals surface area (Å²) in [4.78, 5) is 0. The Bertz CT molecular complexity index is 597. The monoisotopic (exact) mass is 331 g/mol. The van der Waals surface area contributed by atoms with Gasteiger partial charge < -0.3 is 5.32 Å². The molecule has 0 aliphatic rings. The first-order valence-electron chi connectivity index (χ1n) is 6.96. The van der Waals surface area contributed by atoms with Crippen molar-refractivity contribution in [1.82, 2.24) is 0 Å². The maximum atomic E-state index is 3.64. The van der Waals surface area contributed by atoms with Crippen LogP contribution < -0.4 is 5.32 Å². The van der Waals surface area contributed by atoms with Crippen LogP contribution >= 0.6 is 15.9 Å². The van der Waals surface area contributed by atoms with Gasteiger partial charge in [0, 0.05) is 16.7 Å². The molecule has 20 heavy (non-hydrogen) atoms. The van der Waals surface area contributed by atoms with Crippen LogP contribution in [-0.2, 0) is 12.0 Å². The largest absolute Gasteiger partial charge is 0.381 e. The molecule has 2 aromatic rings. The van der Waals surface area contributed by atoms with Crippen molar-refractivity contribution in [3.8, 4) is 0 Å². The van der Waals surface area contributed by atoms with Crippen LogP contribution in [0.1, 0.15) is 37.5 Å². The molecular formula is C18H22BrN. The van der Waals surface area contributed by atoms with Gasteiger partial charge in [0.2, 0.25) is 0 Å². The van der Waals surface area contributed by atoms with Crippen molar-refractivity contribution in [3.63, 3.8) is 0 Å². The molecule has 0 aliphatic heterocycles. The van der Waals surface area contributed by atoms with Crippen LogP contribution in [0, 0.1) is 6.92 Å². The van der Waals surface area contributed by atoms with Gasteiger partial charge in [0.1, 0.15) is 0 Å². The Morgan fingerprint density at radius 1 is 1.05 bits per heavy atom. The average molecular weight is 332 g/mol. The molecule has 0 saturated heterocycles. The summed E-state index contributed by atoms with van der Waals surface area (Å²) in [7, 11) is 0. The van der Waals surface area contributed by atoms with Crippen molar-refractivity contribution in [2.75, 3.05) is 5.32 Å². The molecule has 0 aliphatic carbocycles. The highest BCUT2D eigenvalue weighted by atomic mass is 79.9. The zero-order valence-corrected chi connectivity index (χ0v) is 14.2. The molecule has 2 aromatic carbocycles. The number of hydrogen-bond acceptors (Lipinski definition) is 1. The van der Waals surface area contributed by atoms with Crippen LogP contribution in [0.15, 0.2) is 46.9 Å². The van der Waals surface area contributed by atoms with Crippen molar-refractivity contribution >= 4 is 21.6 Å². The van der Waals surface area contributed by atoms with E-state index in [0.717, 1.165) is 6.54 Å². The average Bonchev–Trinajstić information content (AvgIpc) is 2.37. The van der Waals surface area contributed by atoms with Crippen LogP contribution in [0.4, 0.5) is 5.69 Å². The van der Waals surface area contributed by atoms with Gasteiger partial charge in [0.15, 0.2) is 0 Å². The lowest BCUT2D eigenvalue weighted by molar-refractivity contribution is 0.591. The summed E-state index contributed by atoms with van der Waals surface area (Å²) in [6.45, 7) is 9.67. The number of nitrogens with one attached hydrogen (secondary N) is 1. The van der Waals surface area contributed by atoms with E-state index in [-0.39, 0.29) is 5.41 Å². The molecule has 0 saturated carbocycles. The zero-order valence-electron chi connectivity index (χ0n) is 12.6. The Kier molecular flexibility index (Phi) is 4.54. The molecule has 0 unspecified atom stereocenters. The summed E-state index contributed by atoms with van der Waals surface area (Å²) in [5.41, 5.74) is 5.26. The quantitative estimate of drug-likeness (QED) is 0.764. The molecule has 0 heterocycles. The summed E-state index contributed by atoms with van der Waals surface area (Å²) in [6, 6.07) is 15.0. The number of halogens is 1. The third-order valence-electron chi connectivity index (χ3n) is 3.41. The highest BCUT2D eigenvalue weighted by Crippen LogP contribution is 2.30. The van der Waals surface area contributed by atoms with E-state index in [2.05, 4.69) is 91.4 Å². The smallest absolute Gasteiger partial charge is 0.0412 e. The second kappa shape index (κ2) is 6.01. The van der Waals surface area contributed by atoms with Crippen LogP contribution in [-0.4, -0.2) is 0 Å². The molecule has 106 valence electrons. The molecular weight excluding hydrogens is 310 g/mol. The van der Waals surface area contributed by atoms with Crippen LogP contribution in [0.2, 0.25) is 0 Å². The fourth-order valence-electron chi connectivity index (χ4n) is 2.28. The lowest BCUT2D eigenvalue weighted by Crippen LogP contribution is -2.14. The highest BCUT2D eigenvalue weighted by Gasteiger charge is 2.17. The van der Waals surface area contributed by atoms with E-state index in [9.17, 15) is 0 Å². The summed E-state index contributed by atoms with van der Waals surface area (Å²) < 4.78 is 1.17. The first kappa shape index (κ1) is 15.1. The van der Waals surface area contributed by atoms with Gasteiger partial charge in [-0.05, 0) is 41.2 Å². The number of aryl methyl sites for hydroxylation is 1. The van der Waals surface area contributed by atoms with Gasteiger partial charge in [-0.1, -0.05) is 67.0 Å². The number of rotatable bonds is 3. The van der Waals surface area contributed by atoms with Gasteiger partial charge in [-0.25, -0.2) is 0 Å². The molecule has 0 spiro atoms. The zero-order chi connectivity index (χ0) is 14.8. The first-order valence-corrected chi connectivity index (χ1v) is 7.75. The number of benzene rings is 2. The van der Waals surface area contributed by atoms with E-state index in [1.165, 1.54) is 26.9 Å². The molecule has 0 aromatic heterocycles. The fourth-order valence-corrected chi connectivity index (χ4v) is 2.91. The predicted octanol–water partition coefficient (Wildman–Crippen LogP) is 5.67. The van der Waals surface area contributed by atoms with Crippen LogP contribution in [0.25, 0.3) is 0 Å². The Hall–Kier alpha value is -1.28. The van der Waals surface area contributed by atoms with Crippen molar-refractivity contribution in [1.29, 1.82) is 0 Å². The Balaban J connectivity index is 2.19. The summed E-state index contributed by atoms with van der Waals surface area (Å²) in [5.74, 6) is 0. The Morgan fingerprint density at radius 3 is 2.40 bits per heavy atom. The number of anilines is 1. The van der Waals surface area contributed by atoms with Gasteiger partial charge in [0.25, 0.3) is 0 Å². The minimum Gasteiger partial charge on any atom is -0.381 e. The van der Waals surface area contributed by atoms with E-state index in [1.54, 1.807) is 0 Å². The van der Waals surface area contributed by atoms with Gasteiger partial charge >= 0.3 is 0 Å². The van der Waals surface area contributed by atoms with Gasteiger partial charge in [-0.2, -0.15) is 0 Å². The highest BCUT2D eigenvalue weighted by molar-refractivity contribution is 9.10. The third-order valence-corrected chi connectivity index (χ3v) is 4.15.